The van der Waals surface area contributed by atoms with E-state index in [-0.39, 0.29) is 0 Å². The van der Waals surface area contributed by atoms with Gasteiger partial charge in [0.05, 0.1) is 0 Å². The van der Waals surface area contributed by atoms with E-state index in [0.29, 0.717) is 10.4 Å². The van der Waals surface area contributed by atoms with E-state index >= 15 is 0 Å². The fourth-order valence-electron chi connectivity index (χ4n) is 0.870. The molecule has 1 fully saturated rings. The van der Waals surface area contributed by atoms with Gasteiger partial charge in [0.25, 0.3) is 0 Å². The summed E-state index contributed by atoms with van der Waals surface area (Å²) < 4.78 is 0. The van der Waals surface area contributed by atoms with Crippen LogP contribution in [0.5, 0.6) is 0 Å². The lowest BCUT2D eigenvalue weighted by atomic mass is 10.2. The molecule has 0 aromatic heterocycles. The number of hydrogen-bond donors (Lipinski definition) is 0. The van der Waals surface area contributed by atoms with Crippen molar-refractivity contribution in [3.63, 3.8) is 0 Å². The molecule has 0 aromatic carbocycles. The van der Waals surface area contributed by atoms with Crippen LogP contribution in [0.15, 0.2) is 0 Å². The van der Waals surface area contributed by atoms with Crippen LogP contribution in [-0.4, -0.2) is 10.4 Å². The van der Waals surface area contributed by atoms with Crippen LogP contribution in [0.3, 0.4) is 0 Å². The standard InChI is InChI=1S/C6H10OS/c1-2-5-3-4-6(7)8-5/h5H,2-4H2,1H3/t5-/m1/s1. The van der Waals surface area contributed by atoms with Crippen LogP contribution < -0.4 is 0 Å². The minimum Gasteiger partial charge on any atom is -0.287 e. The van der Waals surface area contributed by atoms with E-state index in [1.54, 1.807) is 0 Å². The van der Waals surface area contributed by atoms with E-state index in [9.17, 15) is 4.79 Å². The van der Waals surface area contributed by atoms with Crippen molar-refractivity contribution in [1.82, 2.24) is 0 Å². The summed E-state index contributed by atoms with van der Waals surface area (Å²) in [4.78, 5) is 10.6. The van der Waals surface area contributed by atoms with Gasteiger partial charge in [0.1, 0.15) is 0 Å². The molecule has 0 N–H and O–H groups in total. The van der Waals surface area contributed by atoms with E-state index in [1.165, 1.54) is 11.8 Å². The van der Waals surface area contributed by atoms with Crippen LogP contribution in [0.1, 0.15) is 26.2 Å². The Bertz CT molecular complexity index is 101. The first-order chi connectivity index (χ1) is 3.83. The molecule has 1 saturated heterocycles. The summed E-state index contributed by atoms with van der Waals surface area (Å²) in [5.74, 6) is 0. The summed E-state index contributed by atoms with van der Waals surface area (Å²) in [5.41, 5.74) is 0. The number of hydrogen-bond acceptors (Lipinski definition) is 2. The molecule has 0 spiro atoms. The van der Waals surface area contributed by atoms with Crippen LogP contribution in [0.2, 0.25) is 0 Å². The van der Waals surface area contributed by atoms with Gasteiger partial charge in [-0.1, -0.05) is 18.7 Å². The Hall–Kier alpha value is 0.0200. The molecule has 2 heteroatoms. The van der Waals surface area contributed by atoms with Crippen LogP contribution in [0, 0.1) is 0 Å². The van der Waals surface area contributed by atoms with Crippen molar-refractivity contribution in [2.75, 3.05) is 0 Å². The zero-order valence-electron chi connectivity index (χ0n) is 5.02. The molecule has 1 aliphatic heterocycles. The predicted molar refractivity (Wildman–Crippen MR) is 35.9 cm³/mol. The van der Waals surface area contributed by atoms with Gasteiger partial charge >= 0.3 is 0 Å². The van der Waals surface area contributed by atoms with E-state index in [2.05, 4.69) is 6.92 Å². The lowest BCUT2D eigenvalue weighted by Crippen LogP contribution is -1.90. The van der Waals surface area contributed by atoms with Crippen molar-refractivity contribution in [2.45, 2.75) is 31.4 Å². The normalized spacial score (nSPS) is 29.1. The number of carbonyl (C=O) groups excluding carboxylic acids is 1. The fraction of sp³-hybridized carbons (Fsp3) is 0.833. The van der Waals surface area contributed by atoms with Crippen LogP contribution >= 0.6 is 11.8 Å². The van der Waals surface area contributed by atoms with Gasteiger partial charge in [-0.3, -0.25) is 4.79 Å². The van der Waals surface area contributed by atoms with E-state index in [0.717, 1.165) is 19.3 Å². The highest BCUT2D eigenvalue weighted by Gasteiger charge is 2.20. The third-order valence-corrected chi connectivity index (χ3v) is 2.79. The highest BCUT2D eigenvalue weighted by atomic mass is 32.2. The molecular weight excluding hydrogens is 120 g/mol. The Morgan fingerprint density at radius 1 is 1.88 bits per heavy atom. The number of thioether (sulfide) groups is 1. The smallest absolute Gasteiger partial charge is 0.189 e. The lowest BCUT2D eigenvalue weighted by molar-refractivity contribution is -0.110. The largest absolute Gasteiger partial charge is 0.287 e. The molecular formula is C6H10OS. The molecule has 1 aliphatic rings. The maximum atomic E-state index is 10.6. The number of rotatable bonds is 1. The second kappa shape index (κ2) is 2.53. The summed E-state index contributed by atoms with van der Waals surface area (Å²) >= 11 is 1.53. The van der Waals surface area contributed by atoms with Gasteiger partial charge in [-0.25, -0.2) is 0 Å². The molecule has 1 rings (SSSR count). The minimum absolute atomic E-state index is 0.386. The molecule has 0 saturated carbocycles. The Kier molecular flexibility index (Phi) is 1.95. The van der Waals surface area contributed by atoms with Crippen molar-refractivity contribution in [3.8, 4) is 0 Å². The zero-order valence-corrected chi connectivity index (χ0v) is 5.83. The SMILES string of the molecule is CC[C@@H]1CCC(=O)S1. The van der Waals surface area contributed by atoms with Crippen molar-refractivity contribution in [2.24, 2.45) is 0 Å². The summed E-state index contributed by atoms with van der Waals surface area (Å²) in [7, 11) is 0. The molecule has 0 amide bonds. The van der Waals surface area contributed by atoms with E-state index in [1.807, 2.05) is 0 Å². The topological polar surface area (TPSA) is 17.1 Å². The molecule has 0 aliphatic carbocycles. The molecule has 46 valence electrons. The Morgan fingerprint density at radius 2 is 2.62 bits per heavy atom. The highest BCUT2D eigenvalue weighted by Crippen LogP contribution is 2.29. The van der Waals surface area contributed by atoms with Gasteiger partial charge in [0, 0.05) is 11.7 Å². The monoisotopic (exact) mass is 130 g/mol. The molecule has 0 aromatic rings. The number of carbonyl (C=O) groups is 1. The molecule has 0 unspecified atom stereocenters. The molecule has 1 heterocycles. The zero-order chi connectivity index (χ0) is 5.98. The van der Waals surface area contributed by atoms with Crippen molar-refractivity contribution in [1.29, 1.82) is 0 Å². The van der Waals surface area contributed by atoms with Gasteiger partial charge < -0.3 is 0 Å². The molecule has 1 atom stereocenters. The van der Waals surface area contributed by atoms with Gasteiger partial charge in [-0.15, -0.1) is 0 Å². The summed E-state index contributed by atoms with van der Waals surface area (Å²) in [6.07, 6.45) is 3.07. The maximum Gasteiger partial charge on any atom is 0.189 e. The summed E-state index contributed by atoms with van der Waals surface area (Å²) in [5, 5.41) is 1.03. The third kappa shape index (κ3) is 1.25. The minimum atomic E-state index is 0.386. The van der Waals surface area contributed by atoms with E-state index < -0.39 is 0 Å². The highest BCUT2D eigenvalue weighted by molar-refractivity contribution is 8.14. The lowest BCUT2D eigenvalue weighted by Gasteiger charge is -1.97. The summed E-state index contributed by atoms with van der Waals surface area (Å²) in [6, 6.07) is 0. The molecule has 0 radical (unpaired) electrons. The Labute approximate surface area is 53.8 Å². The van der Waals surface area contributed by atoms with Crippen LogP contribution in [0.4, 0.5) is 0 Å². The van der Waals surface area contributed by atoms with Crippen LogP contribution in [0.25, 0.3) is 0 Å². The van der Waals surface area contributed by atoms with Crippen molar-refractivity contribution < 1.29 is 4.79 Å². The van der Waals surface area contributed by atoms with Crippen molar-refractivity contribution in [3.05, 3.63) is 0 Å². The quantitative estimate of drug-likeness (QED) is 0.538. The Morgan fingerprint density at radius 3 is 2.88 bits per heavy atom. The van der Waals surface area contributed by atoms with Gasteiger partial charge in [-0.05, 0) is 12.8 Å². The maximum absolute atomic E-state index is 10.6. The van der Waals surface area contributed by atoms with Gasteiger partial charge in [-0.2, -0.15) is 0 Å². The third-order valence-electron chi connectivity index (χ3n) is 1.42. The van der Waals surface area contributed by atoms with Crippen molar-refractivity contribution >= 4 is 16.9 Å². The second-order valence-electron chi connectivity index (χ2n) is 2.06. The average Bonchev–Trinajstić information content (AvgIpc) is 2.14. The Balaban J connectivity index is 2.32. The first kappa shape index (κ1) is 6.14. The van der Waals surface area contributed by atoms with Gasteiger partial charge in [0.15, 0.2) is 5.12 Å². The second-order valence-corrected chi connectivity index (χ2v) is 3.42. The predicted octanol–water partition coefficient (Wildman–Crippen LogP) is 1.82. The van der Waals surface area contributed by atoms with Gasteiger partial charge in [0.2, 0.25) is 0 Å². The molecule has 8 heavy (non-hydrogen) atoms. The first-order valence-electron chi connectivity index (χ1n) is 3.02. The average molecular weight is 130 g/mol. The van der Waals surface area contributed by atoms with Crippen LogP contribution in [-0.2, 0) is 4.79 Å². The first-order valence-corrected chi connectivity index (χ1v) is 3.90. The summed E-state index contributed by atoms with van der Waals surface area (Å²) in [6.45, 7) is 2.14. The molecule has 0 bridgehead atoms. The molecule has 1 nitrogen and oxygen atoms in total. The van der Waals surface area contributed by atoms with E-state index in [4.69, 9.17) is 0 Å². The fourth-order valence-corrected chi connectivity index (χ4v) is 1.88.